The number of fused-ring (bicyclic) bond motifs is 7. The highest BCUT2D eigenvalue weighted by Crippen LogP contribution is 2.71. The van der Waals surface area contributed by atoms with Crippen LogP contribution >= 0.6 is 0 Å². The van der Waals surface area contributed by atoms with E-state index in [1.807, 2.05) is 0 Å². The fourth-order valence-corrected chi connectivity index (χ4v) is 12.9. The van der Waals surface area contributed by atoms with Gasteiger partial charge < -0.3 is 59.1 Å². The molecule has 12 heteroatoms. The van der Waals surface area contributed by atoms with Gasteiger partial charge in [-0.2, -0.15) is 0 Å². The summed E-state index contributed by atoms with van der Waals surface area (Å²) in [5, 5.41) is 62.0. The minimum absolute atomic E-state index is 0.0947. The molecule has 8 aliphatic rings. The first-order chi connectivity index (χ1) is 23.8. The maximum Gasteiger partial charge on any atom is 0.187 e. The predicted molar refractivity (Wildman–Crippen MR) is 177 cm³/mol. The second-order valence-corrected chi connectivity index (χ2v) is 18.3. The van der Waals surface area contributed by atoms with Crippen LogP contribution in [-0.4, -0.2) is 124 Å². The van der Waals surface area contributed by atoms with Gasteiger partial charge in [0.1, 0.15) is 42.7 Å². The molecule has 0 aromatic carbocycles. The van der Waals surface area contributed by atoms with Crippen LogP contribution in [0.3, 0.4) is 0 Å². The lowest BCUT2D eigenvalue weighted by molar-refractivity contribution is -0.347. The van der Waals surface area contributed by atoms with Crippen LogP contribution in [0.5, 0.6) is 0 Å². The van der Waals surface area contributed by atoms with E-state index < -0.39 is 61.9 Å². The lowest BCUT2D eigenvalue weighted by atomic mass is 9.44. The second kappa shape index (κ2) is 13.4. The van der Waals surface area contributed by atoms with E-state index in [0.717, 1.165) is 38.2 Å². The fraction of sp³-hybridized carbons (Fsp3) is 1.00. The number of aliphatic hydroxyl groups is 6. The topological polar surface area (TPSA) is 177 Å². The summed E-state index contributed by atoms with van der Waals surface area (Å²) in [5.41, 5.74) is 0.540. The van der Waals surface area contributed by atoms with Crippen LogP contribution in [0.25, 0.3) is 0 Å². The van der Waals surface area contributed by atoms with Crippen molar-refractivity contribution in [2.24, 2.45) is 52.3 Å². The molecule has 12 nitrogen and oxygen atoms in total. The Morgan fingerprint density at radius 3 is 2.22 bits per heavy atom. The summed E-state index contributed by atoms with van der Waals surface area (Å²) in [5.74, 6) is 3.85. The SMILES string of the molecule is C[C@H]1CC[C@@]2(OC1)O[C@H]1C[C@H]3[C@@H]4CC[C@@H]5C[C@@H](O[C@@H]6OC[C@H](O[C@@H]7O[C@H](CO)[C@@H](O)[C@H](O)[C@H]7O)[C@H](O)[C@H]6O)CC[C@]5(C)[C@H]4CC[C@]3(C)[C@H]1[C@@H]2C. The van der Waals surface area contributed by atoms with Gasteiger partial charge in [-0.15, -0.1) is 0 Å². The maximum absolute atomic E-state index is 11.0. The third kappa shape index (κ3) is 5.68. The molecule has 0 aromatic heterocycles. The van der Waals surface area contributed by atoms with Gasteiger partial charge in [0.05, 0.1) is 32.0 Å². The first-order valence-electron chi connectivity index (χ1n) is 19.7. The third-order valence-electron chi connectivity index (χ3n) is 15.8. The van der Waals surface area contributed by atoms with Crippen LogP contribution in [0, 0.1) is 52.3 Å². The van der Waals surface area contributed by atoms with E-state index in [-0.39, 0.29) is 23.9 Å². The molecule has 21 atom stereocenters. The van der Waals surface area contributed by atoms with E-state index >= 15 is 0 Å². The molecular formula is C38H62O12. The molecule has 8 fully saturated rings. The van der Waals surface area contributed by atoms with Crippen LogP contribution in [0.1, 0.15) is 91.9 Å². The monoisotopic (exact) mass is 710 g/mol. The maximum atomic E-state index is 11.0. The largest absolute Gasteiger partial charge is 0.394 e. The number of hydrogen-bond acceptors (Lipinski definition) is 12. The van der Waals surface area contributed by atoms with Crippen LogP contribution in [-0.2, 0) is 28.4 Å². The molecule has 8 rings (SSSR count). The quantitative estimate of drug-likeness (QED) is 0.230. The molecular weight excluding hydrogens is 648 g/mol. The predicted octanol–water partition coefficient (Wildman–Crippen LogP) is 2.08. The minimum atomic E-state index is -1.62. The van der Waals surface area contributed by atoms with Gasteiger partial charge in [0, 0.05) is 12.3 Å². The highest BCUT2D eigenvalue weighted by atomic mass is 16.7. The van der Waals surface area contributed by atoms with Crippen molar-refractivity contribution in [1.82, 2.24) is 0 Å². The Morgan fingerprint density at radius 1 is 0.720 bits per heavy atom. The number of ether oxygens (including phenoxy) is 6. The molecule has 50 heavy (non-hydrogen) atoms. The van der Waals surface area contributed by atoms with E-state index in [1.165, 1.54) is 38.5 Å². The Morgan fingerprint density at radius 2 is 1.48 bits per heavy atom. The van der Waals surface area contributed by atoms with Crippen molar-refractivity contribution < 1.29 is 59.1 Å². The number of hydrogen-bond donors (Lipinski definition) is 6. The summed E-state index contributed by atoms with van der Waals surface area (Å²) in [6, 6.07) is 0. The zero-order valence-electron chi connectivity index (χ0n) is 30.2. The van der Waals surface area contributed by atoms with Gasteiger partial charge in [-0.05, 0) is 104 Å². The van der Waals surface area contributed by atoms with E-state index in [1.54, 1.807) is 0 Å². The fourth-order valence-electron chi connectivity index (χ4n) is 12.9. The zero-order chi connectivity index (χ0) is 35.3. The first-order valence-corrected chi connectivity index (χ1v) is 19.7. The average Bonchev–Trinajstić information content (AvgIpc) is 3.55. The van der Waals surface area contributed by atoms with Crippen molar-refractivity contribution in [3.8, 4) is 0 Å². The lowest BCUT2D eigenvalue weighted by Gasteiger charge is -2.61. The normalized spacial score (nSPS) is 59.4. The lowest BCUT2D eigenvalue weighted by Crippen LogP contribution is -2.62. The zero-order valence-corrected chi connectivity index (χ0v) is 30.2. The van der Waals surface area contributed by atoms with Gasteiger partial charge in [0.2, 0.25) is 0 Å². The summed E-state index contributed by atoms with van der Waals surface area (Å²) in [6.45, 7) is 9.90. The number of rotatable bonds is 5. The van der Waals surface area contributed by atoms with Crippen molar-refractivity contribution in [2.45, 2.75) is 165 Å². The molecule has 6 N–H and O–H groups in total. The molecule has 0 bridgehead atoms. The van der Waals surface area contributed by atoms with Crippen molar-refractivity contribution in [3.63, 3.8) is 0 Å². The van der Waals surface area contributed by atoms with Crippen molar-refractivity contribution >= 4 is 0 Å². The van der Waals surface area contributed by atoms with Crippen molar-refractivity contribution in [1.29, 1.82) is 0 Å². The van der Waals surface area contributed by atoms with Crippen molar-refractivity contribution in [2.75, 3.05) is 19.8 Å². The highest BCUT2D eigenvalue weighted by molar-refractivity contribution is 5.15. The van der Waals surface area contributed by atoms with Crippen LogP contribution in [0.15, 0.2) is 0 Å². The smallest absolute Gasteiger partial charge is 0.187 e. The van der Waals surface area contributed by atoms with Gasteiger partial charge in [0.25, 0.3) is 0 Å². The van der Waals surface area contributed by atoms with E-state index in [4.69, 9.17) is 28.4 Å². The molecule has 4 aliphatic heterocycles. The summed E-state index contributed by atoms with van der Waals surface area (Å²) in [7, 11) is 0. The third-order valence-corrected chi connectivity index (χ3v) is 15.8. The Balaban J connectivity index is 0.869. The second-order valence-electron chi connectivity index (χ2n) is 18.3. The Kier molecular flexibility index (Phi) is 9.76. The standard InChI is InChI=1S/C38H62O12/c1-18-7-12-38(46-16-18)19(2)28-25(50-38)14-24-22-6-5-20-13-21(8-10-36(20,3)23(22)9-11-37(24,28)4)47-34-32(43)30(41)27(17-45-34)49-35-33(44)31(42)29(40)26(15-39)48-35/h18-35,39-44H,5-17H2,1-4H3/t18-,19-,20+,21-,22+,23-,24-,25-,26+,27-,28-,29+,30-,31-,32+,33+,34-,35-,36-,37-,38+/m0/s1. The van der Waals surface area contributed by atoms with Gasteiger partial charge >= 0.3 is 0 Å². The Bertz CT molecular complexity index is 1210. The van der Waals surface area contributed by atoms with Crippen LogP contribution in [0.2, 0.25) is 0 Å². The number of aliphatic hydroxyl groups excluding tert-OH is 6. The Labute approximate surface area is 296 Å². The van der Waals surface area contributed by atoms with Gasteiger partial charge in [0.15, 0.2) is 18.4 Å². The molecule has 0 amide bonds. The molecule has 4 saturated carbocycles. The van der Waals surface area contributed by atoms with E-state index in [9.17, 15) is 30.6 Å². The molecule has 1 spiro atoms. The summed E-state index contributed by atoms with van der Waals surface area (Å²) in [4.78, 5) is 0. The van der Waals surface area contributed by atoms with Gasteiger partial charge in [-0.1, -0.05) is 27.7 Å². The summed E-state index contributed by atoms with van der Waals surface area (Å²) in [6.07, 6.45) is -0.870. The minimum Gasteiger partial charge on any atom is -0.394 e. The highest BCUT2D eigenvalue weighted by Gasteiger charge is 2.69. The molecule has 4 heterocycles. The molecule has 4 saturated heterocycles. The van der Waals surface area contributed by atoms with Gasteiger partial charge in [-0.25, -0.2) is 0 Å². The molecule has 0 radical (unpaired) electrons. The Hall–Kier alpha value is -0.480. The van der Waals surface area contributed by atoms with Gasteiger partial charge in [-0.3, -0.25) is 0 Å². The van der Waals surface area contributed by atoms with Crippen LogP contribution in [0.4, 0.5) is 0 Å². The summed E-state index contributed by atoms with van der Waals surface area (Å²) < 4.78 is 36.9. The summed E-state index contributed by atoms with van der Waals surface area (Å²) >= 11 is 0. The van der Waals surface area contributed by atoms with Crippen LogP contribution < -0.4 is 0 Å². The average molecular weight is 711 g/mol. The molecule has 4 aliphatic carbocycles. The molecule has 0 aromatic rings. The molecule has 0 unspecified atom stereocenters. The first kappa shape index (κ1) is 36.5. The van der Waals surface area contributed by atoms with Crippen molar-refractivity contribution in [3.05, 3.63) is 0 Å². The van der Waals surface area contributed by atoms with E-state index in [2.05, 4.69) is 27.7 Å². The van der Waals surface area contributed by atoms with E-state index in [0.29, 0.717) is 47.0 Å². The molecule has 286 valence electrons.